The molecule has 2 unspecified atom stereocenters. The van der Waals surface area contributed by atoms with Gasteiger partial charge in [0.2, 0.25) is 5.91 Å². The molecule has 0 aliphatic carbocycles. The Balaban J connectivity index is 1.42. The van der Waals surface area contributed by atoms with Gasteiger partial charge >= 0.3 is 0 Å². The van der Waals surface area contributed by atoms with E-state index in [0.717, 1.165) is 42.1 Å². The van der Waals surface area contributed by atoms with Crippen molar-refractivity contribution in [1.82, 2.24) is 9.88 Å². The van der Waals surface area contributed by atoms with E-state index in [4.69, 9.17) is 9.47 Å². The normalized spacial score (nSPS) is 25.0. The summed E-state index contributed by atoms with van der Waals surface area (Å²) >= 11 is 1.59. The molecule has 2 atom stereocenters. The zero-order valence-electron chi connectivity index (χ0n) is 16.2. The Morgan fingerprint density at radius 1 is 1.39 bits per heavy atom. The first-order valence-corrected chi connectivity index (χ1v) is 10.7. The molecular weight excluding hydrogens is 372 g/mol. The number of ether oxygens (including phenoxy) is 2. The van der Waals surface area contributed by atoms with Crippen molar-refractivity contribution in [2.24, 2.45) is 0 Å². The molecule has 0 bridgehead atoms. The third kappa shape index (κ3) is 4.35. The lowest BCUT2D eigenvalue weighted by Gasteiger charge is -2.44. The van der Waals surface area contributed by atoms with Crippen LogP contribution in [0.4, 0.5) is 0 Å². The summed E-state index contributed by atoms with van der Waals surface area (Å²) in [5, 5.41) is 2.96. The van der Waals surface area contributed by atoms with Crippen LogP contribution in [0.1, 0.15) is 35.5 Å². The molecule has 2 fully saturated rings. The van der Waals surface area contributed by atoms with E-state index in [-0.39, 0.29) is 17.6 Å². The molecule has 5 nitrogen and oxygen atoms in total. The molecule has 2 saturated heterocycles. The summed E-state index contributed by atoms with van der Waals surface area (Å²) in [6.45, 7) is 4.54. The zero-order chi connectivity index (χ0) is 19.4. The Hall–Kier alpha value is -2.02. The fourth-order valence-corrected chi connectivity index (χ4v) is 4.59. The first kappa shape index (κ1) is 19.3. The van der Waals surface area contributed by atoms with Crippen LogP contribution < -0.4 is 0 Å². The number of carbonyl (C=O) groups excluding carboxylic acids is 1. The smallest absolute Gasteiger partial charge is 0.246 e. The Bertz CT molecular complexity index is 827. The van der Waals surface area contributed by atoms with Gasteiger partial charge in [-0.1, -0.05) is 30.3 Å². The van der Waals surface area contributed by atoms with Gasteiger partial charge < -0.3 is 14.4 Å². The van der Waals surface area contributed by atoms with Crippen molar-refractivity contribution in [1.29, 1.82) is 0 Å². The Morgan fingerprint density at radius 3 is 2.96 bits per heavy atom. The average molecular weight is 399 g/mol. The second-order valence-electron chi connectivity index (χ2n) is 7.46. The molecule has 0 saturated carbocycles. The van der Waals surface area contributed by atoms with Gasteiger partial charge in [-0.25, -0.2) is 4.98 Å². The van der Waals surface area contributed by atoms with Crippen LogP contribution in [-0.2, 0) is 20.9 Å². The lowest BCUT2D eigenvalue weighted by molar-refractivity contribution is -0.165. The summed E-state index contributed by atoms with van der Waals surface area (Å²) in [5.41, 5.74) is 1.72. The third-order valence-corrected chi connectivity index (χ3v) is 6.34. The van der Waals surface area contributed by atoms with Crippen LogP contribution in [0.5, 0.6) is 0 Å². The third-order valence-electron chi connectivity index (χ3n) is 5.55. The van der Waals surface area contributed by atoms with Gasteiger partial charge in [0.25, 0.3) is 0 Å². The van der Waals surface area contributed by atoms with Crippen LogP contribution in [0, 0.1) is 6.92 Å². The fourth-order valence-electron chi connectivity index (χ4n) is 4.01. The van der Waals surface area contributed by atoms with Crippen LogP contribution in [-0.4, -0.2) is 47.2 Å². The molecule has 1 spiro atoms. The largest absolute Gasteiger partial charge is 0.372 e. The number of piperidine rings is 1. The number of likely N-dealkylation sites (tertiary alicyclic amines) is 1. The maximum absolute atomic E-state index is 12.7. The molecule has 1 aromatic heterocycles. The van der Waals surface area contributed by atoms with Crippen molar-refractivity contribution in [2.75, 3.05) is 19.7 Å². The lowest BCUT2D eigenvalue weighted by Crippen LogP contribution is -2.57. The fraction of sp³-hybridized carbons (Fsp3) is 0.455. The molecule has 148 valence electrons. The van der Waals surface area contributed by atoms with Crippen LogP contribution >= 0.6 is 11.3 Å². The summed E-state index contributed by atoms with van der Waals surface area (Å²) in [6, 6.07) is 10.2. The van der Waals surface area contributed by atoms with Gasteiger partial charge in [-0.05, 0) is 37.8 Å². The van der Waals surface area contributed by atoms with E-state index in [1.807, 2.05) is 35.4 Å². The van der Waals surface area contributed by atoms with Crippen molar-refractivity contribution in [3.8, 4) is 0 Å². The van der Waals surface area contributed by atoms with Gasteiger partial charge in [0.1, 0.15) is 6.10 Å². The summed E-state index contributed by atoms with van der Waals surface area (Å²) in [6.07, 6.45) is 6.19. The number of rotatable bonds is 5. The zero-order valence-corrected chi connectivity index (χ0v) is 17.0. The van der Waals surface area contributed by atoms with Gasteiger partial charge in [-0.15, -0.1) is 11.3 Å². The lowest BCUT2D eigenvalue weighted by atomic mass is 9.85. The maximum atomic E-state index is 12.7. The van der Waals surface area contributed by atoms with Crippen molar-refractivity contribution < 1.29 is 14.3 Å². The highest BCUT2D eigenvalue weighted by Crippen LogP contribution is 2.38. The maximum Gasteiger partial charge on any atom is 0.246 e. The SMILES string of the molecule is Cc1nc(/C=C/C(=O)N2CCC3(CCCO3)C(OCc3ccccc3)C2)cs1. The van der Waals surface area contributed by atoms with Crippen LogP contribution in [0.15, 0.2) is 41.8 Å². The quantitative estimate of drug-likeness (QED) is 0.719. The molecule has 2 aliphatic heterocycles. The first-order valence-electron chi connectivity index (χ1n) is 9.83. The molecule has 2 aliphatic rings. The molecule has 2 aromatic rings. The molecule has 3 heterocycles. The predicted octanol–water partition coefficient (Wildman–Crippen LogP) is 3.83. The number of nitrogens with zero attached hydrogens (tertiary/aromatic N) is 2. The Morgan fingerprint density at radius 2 is 2.25 bits per heavy atom. The van der Waals surface area contributed by atoms with Crippen molar-refractivity contribution >= 4 is 23.3 Å². The van der Waals surface area contributed by atoms with Crippen molar-refractivity contribution in [2.45, 2.75) is 44.5 Å². The minimum atomic E-state index is -0.249. The number of aryl methyl sites for hydroxylation is 1. The topological polar surface area (TPSA) is 51.7 Å². The van der Waals surface area contributed by atoms with E-state index in [0.29, 0.717) is 19.7 Å². The molecular formula is C22H26N2O3S. The predicted molar refractivity (Wildman–Crippen MR) is 110 cm³/mol. The molecule has 1 amide bonds. The molecule has 28 heavy (non-hydrogen) atoms. The van der Waals surface area contributed by atoms with Gasteiger partial charge in [-0.2, -0.15) is 0 Å². The van der Waals surface area contributed by atoms with Gasteiger partial charge in [0, 0.05) is 31.2 Å². The standard InChI is InChI=1S/C22H26N2O3S/c1-17-23-19(16-28-17)8-9-21(25)24-12-11-22(10-5-13-27-22)20(14-24)26-15-18-6-3-2-4-7-18/h2-4,6-9,16,20H,5,10-15H2,1H3/b9-8+. The number of thiazole rings is 1. The van der Waals surface area contributed by atoms with Crippen LogP contribution in [0.2, 0.25) is 0 Å². The molecule has 6 heteroatoms. The monoisotopic (exact) mass is 398 g/mol. The van der Waals surface area contributed by atoms with E-state index < -0.39 is 0 Å². The van der Waals surface area contributed by atoms with E-state index >= 15 is 0 Å². The molecule has 1 aromatic carbocycles. The van der Waals surface area contributed by atoms with Crippen LogP contribution in [0.25, 0.3) is 6.08 Å². The van der Waals surface area contributed by atoms with Crippen LogP contribution in [0.3, 0.4) is 0 Å². The summed E-state index contributed by atoms with van der Waals surface area (Å²) < 4.78 is 12.5. The number of carbonyl (C=O) groups is 1. The molecule has 0 radical (unpaired) electrons. The van der Waals surface area contributed by atoms with Gasteiger partial charge in [-0.3, -0.25) is 4.79 Å². The number of aromatic nitrogens is 1. The minimum Gasteiger partial charge on any atom is -0.372 e. The van der Waals surface area contributed by atoms with Crippen molar-refractivity contribution in [3.05, 3.63) is 58.1 Å². The number of benzene rings is 1. The highest BCUT2D eigenvalue weighted by molar-refractivity contribution is 7.09. The van der Waals surface area contributed by atoms with Gasteiger partial charge in [0.05, 0.1) is 22.9 Å². The Kier molecular flexibility index (Phi) is 5.90. The van der Waals surface area contributed by atoms with E-state index in [2.05, 4.69) is 17.1 Å². The van der Waals surface area contributed by atoms with E-state index in [1.165, 1.54) is 0 Å². The highest BCUT2D eigenvalue weighted by Gasteiger charge is 2.47. The van der Waals surface area contributed by atoms with Gasteiger partial charge in [0.15, 0.2) is 0 Å². The second-order valence-corrected chi connectivity index (χ2v) is 8.52. The van der Waals surface area contributed by atoms with E-state index in [9.17, 15) is 4.79 Å². The first-order chi connectivity index (χ1) is 13.6. The minimum absolute atomic E-state index is 0.00631. The second kappa shape index (κ2) is 8.55. The summed E-state index contributed by atoms with van der Waals surface area (Å²) in [5.74, 6) is 0.00631. The van der Waals surface area contributed by atoms with E-state index in [1.54, 1.807) is 23.5 Å². The van der Waals surface area contributed by atoms with Crippen molar-refractivity contribution in [3.63, 3.8) is 0 Å². The Labute approximate surface area is 170 Å². The number of amides is 1. The number of hydrogen-bond acceptors (Lipinski definition) is 5. The molecule has 0 N–H and O–H groups in total. The average Bonchev–Trinajstić information content (AvgIpc) is 3.36. The number of hydrogen-bond donors (Lipinski definition) is 0. The summed E-state index contributed by atoms with van der Waals surface area (Å²) in [7, 11) is 0. The summed E-state index contributed by atoms with van der Waals surface area (Å²) in [4.78, 5) is 19.0. The highest BCUT2D eigenvalue weighted by atomic mass is 32.1. The molecule has 4 rings (SSSR count).